The van der Waals surface area contributed by atoms with Gasteiger partial charge in [-0.15, -0.1) is 0 Å². The van der Waals surface area contributed by atoms with Crippen LogP contribution in [0.5, 0.6) is 11.5 Å². The fourth-order valence-electron chi connectivity index (χ4n) is 4.00. The number of hydrogen-bond donors (Lipinski definition) is 1. The molecule has 2 aromatic heterocycles. The Morgan fingerprint density at radius 2 is 1.57 bits per heavy atom. The molecule has 0 saturated heterocycles. The first-order chi connectivity index (χ1) is 19.1. The van der Waals surface area contributed by atoms with Gasteiger partial charge in [-0.05, 0) is 60.7 Å². The van der Waals surface area contributed by atoms with E-state index in [2.05, 4.69) is 15.2 Å². The van der Waals surface area contributed by atoms with Gasteiger partial charge in [0.25, 0.3) is 0 Å². The molecule has 2 heterocycles. The molecule has 14 heteroatoms. The molecule has 0 amide bonds. The minimum atomic E-state index is -4.45. The summed E-state index contributed by atoms with van der Waals surface area (Å²) in [6.45, 7) is -0.973. The van der Waals surface area contributed by atoms with Crippen molar-refractivity contribution in [2.45, 2.75) is 18.3 Å². The Bertz CT molecular complexity index is 1670. The standard InChI is InChI=1S/C26H20F4N6O4/c1-39-20-7-3-18(4-8-20)35-16-33-36(24(35)37)19-5-9-21(10-6-19)40-26(29,30)25(38,13-34-15-31-14-32-34)22-11-2-17(27)12-23(22)28/h2-12,14-16,38H,13H2,1H3. The predicted molar refractivity (Wildman–Crippen MR) is 132 cm³/mol. The van der Waals surface area contributed by atoms with Crippen molar-refractivity contribution in [2.75, 3.05) is 7.11 Å². The number of alkyl halides is 2. The third-order valence-corrected chi connectivity index (χ3v) is 6.06. The quantitative estimate of drug-likeness (QED) is 0.277. The summed E-state index contributed by atoms with van der Waals surface area (Å²) in [5.74, 6) is -2.25. The predicted octanol–water partition coefficient (Wildman–Crippen LogP) is 3.46. The number of aliphatic hydroxyl groups is 1. The smallest absolute Gasteiger partial charge is 0.433 e. The van der Waals surface area contributed by atoms with Gasteiger partial charge in [-0.1, -0.05) is 0 Å². The molecule has 5 rings (SSSR count). The topological polar surface area (TPSA) is 109 Å². The Labute approximate surface area is 223 Å². The van der Waals surface area contributed by atoms with Crippen LogP contribution in [-0.2, 0) is 12.1 Å². The molecule has 0 aliphatic heterocycles. The van der Waals surface area contributed by atoms with Gasteiger partial charge in [-0.25, -0.2) is 27.8 Å². The van der Waals surface area contributed by atoms with E-state index < -0.39 is 46.9 Å². The van der Waals surface area contributed by atoms with Crippen molar-refractivity contribution < 1.29 is 32.1 Å². The number of benzene rings is 3. The van der Waals surface area contributed by atoms with Crippen molar-refractivity contribution in [3.63, 3.8) is 0 Å². The third kappa shape index (κ3) is 4.91. The summed E-state index contributed by atoms with van der Waals surface area (Å²) < 4.78 is 72.4. The first-order valence-electron chi connectivity index (χ1n) is 11.6. The van der Waals surface area contributed by atoms with Crippen LogP contribution in [0, 0.1) is 11.6 Å². The molecule has 0 radical (unpaired) electrons. The summed E-state index contributed by atoms with van der Waals surface area (Å²) >= 11 is 0. The molecule has 5 aromatic rings. The van der Waals surface area contributed by atoms with Gasteiger partial charge in [0.1, 0.15) is 42.1 Å². The number of aromatic nitrogens is 6. The molecule has 0 bridgehead atoms. The number of hydrogen-bond acceptors (Lipinski definition) is 7. The van der Waals surface area contributed by atoms with Crippen LogP contribution < -0.4 is 15.2 Å². The Morgan fingerprint density at radius 1 is 0.900 bits per heavy atom. The summed E-state index contributed by atoms with van der Waals surface area (Å²) in [5, 5.41) is 18.9. The maximum absolute atomic E-state index is 15.6. The molecule has 1 unspecified atom stereocenters. The van der Waals surface area contributed by atoms with Crippen LogP contribution in [0.2, 0.25) is 0 Å². The van der Waals surface area contributed by atoms with E-state index in [4.69, 9.17) is 9.47 Å². The molecule has 40 heavy (non-hydrogen) atoms. The molecule has 0 fully saturated rings. The lowest BCUT2D eigenvalue weighted by Crippen LogP contribution is -2.52. The molecule has 0 spiro atoms. The van der Waals surface area contributed by atoms with Crippen molar-refractivity contribution in [3.8, 4) is 22.9 Å². The highest BCUT2D eigenvalue weighted by atomic mass is 19.3. The maximum atomic E-state index is 15.6. The highest BCUT2D eigenvalue weighted by molar-refractivity contribution is 5.40. The number of nitrogens with zero attached hydrogens (tertiary/aromatic N) is 6. The fourth-order valence-corrected chi connectivity index (χ4v) is 4.00. The van der Waals surface area contributed by atoms with Crippen molar-refractivity contribution >= 4 is 0 Å². The lowest BCUT2D eigenvalue weighted by molar-refractivity contribution is -0.301. The normalized spacial score (nSPS) is 13.2. The van der Waals surface area contributed by atoms with Gasteiger partial charge < -0.3 is 14.6 Å². The largest absolute Gasteiger partial charge is 0.497 e. The molecule has 0 saturated carbocycles. The average molecular weight is 556 g/mol. The van der Waals surface area contributed by atoms with Crippen molar-refractivity contribution in [1.29, 1.82) is 0 Å². The van der Waals surface area contributed by atoms with Gasteiger partial charge in [-0.3, -0.25) is 0 Å². The molecule has 3 aromatic carbocycles. The van der Waals surface area contributed by atoms with E-state index >= 15 is 8.78 Å². The van der Waals surface area contributed by atoms with E-state index in [-0.39, 0.29) is 5.69 Å². The lowest BCUT2D eigenvalue weighted by Gasteiger charge is -2.35. The molecule has 0 aliphatic rings. The van der Waals surface area contributed by atoms with Crippen LogP contribution in [0.4, 0.5) is 17.6 Å². The highest BCUT2D eigenvalue weighted by Crippen LogP contribution is 2.42. The summed E-state index contributed by atoms with van der Waals surface area (Å²) in [4.78, 5) is 16.5. The first kappa shape index (κ1) is 26.6. The van der Waals surface area contributed by atoms with Crippen LogP contribution in [-0.4, -0.2) is 47.4 Å². The summed E-state index contributed by atoms with van der Waals surface area (Å²) in [7, 11) is 1.51. The lowest BCUT2D eigenvalue weighted by atomic mass is 9.91. The molecule has 0 aliphatic carbocycles. The second kappa shape index (κ2) is 10.3. The highest BCUT2D eigenvalue weighted by Gasteiger charge is 2.58. The van der Waals surface area contributed by atoms with Crippen LogP contribution in [0.1, 0.15) is 5.56 Å². The molecule has 1 atom stereocenters. The van der Waals surface area contributed by atoms with Gasteiger partial charge in [-0.2, -0.15) is 23.7 Å². The second-order valence-corrected chi connectivity index (χ2v) is 8.58. The van der Waals surface area contributed by atoms with Crippen molar-refractivity contribution in [1.82, 2.24) is 29.1 Å². The van der Waals surface area contributed by atoms with Crippen LogP contribution in [0.3, 0.4) is 0 Å². The fraction of sp³-hybridized carbons (Fsp3) is 0.154. The van der Waals surface area contributed by atoms with Crippen molar-refractivity contribution in [3.05, 3.63) is 113 Å². The van der Waals surface area contributed by atoms with Gasteiger partial charge in [0.2, 0.25) is 5.60 Å². The van der Waals surface area contributed by atoms with Crippen LogP contribution in [0.25, 0.3) is 11.4 Å². The van der Waals surface area contributed by atoms with E-state index in [0.29, 0.717) is 23.6 Å². The van der Waals surface area contributed by atoms with E-state index in [1.165, 1.54) is 30.1 Å². The average Bonchev–Trinajstić information content (AvgIpc) is 3.58. The monoisotopic (exact) mass is 556 g/mol. The Hall–Kier alpha value is -4.98. The van der Waals surface area contributed by atoms with Gasteiger partial charge in [0, 0.05) is 11.6 Å². The van der Waals surface area contributed by atoms with E-state index in [1.807, 2.05) is 0 Å². The number of rotatable bonds is 9. The zero-order valence-corrected chi connectivity index (χ0v) is 20.7. The van der Waals surface area contributed by atoms with E-state index in [9.17, 15) is 18.7 Å². The summed E-state index contributed by atoms with van der Waals surface area (Å²) in [5.41, 5.74) is -4.02. The van der Waals surface area contributed by atoms with Crippen LogP contribution >= 0.6 is 0 Å². The molecule has 1 N–H and O–H groups in total. The Kier molecular flexibility index (Phi) is 6.85. The summed E-state index contributed by atoms with van der Waals surface area (Å²) in [6.07, 6.45) is -1.08. The zero-order chi connectivity index (χ0) is 28.5. The number of methoxy groups -OCH3 is 1. The zero-order valence-electron chi connectivity index (χ0n) is 20.7. The van der Waals surface area contributed by atoms with Gasteiger partial charge >= 0.3 is 11.8 Å². The number of ether oxygens (including phenoxy) is 2. The number of halogens is 4. The minimum absolute atomic E-state index is 0.232. The Morgan fingerprint density at radius 3 is 2.20 bits per heavy atom. The maximum Gasteiger partial charge on any atom is 0.433 e. The van der Waals surface area contributed by atoms with E-state index in [0.717, 1.165) is 40.2 Å². The molecular weight excluding hydrogens is 536 g/mol. The third-order valence-electron chi connectivity index (χ3n) is 6.06. The minimum Gasteiger partial charge on any atom is -0.497 e. The Balaban J connectivity index is 1.43. The van der Waals surface area contributed by atoms with Gasteiger partial charge in [0.15, 0.2) is 0 Å². The molecular formula is C26H20F4N6O4. The first-order valence-corrected chi connectivity index (χ1v) is 11.6. The molecule has 10 nitrogen and oxygen atoms in total. The van der Waals surface area contributed by atoms with Crippen molar-refractivity contribution in [2.24, 2.45) is 0 Å². The molecule has 206 valence electrons. The SMILES string of the molecule is COc1ccc(-n2cnn(-c3ccc(OC(F)(F)C(O)(Cn4cncn4)c4ccc(F)cc4F)cc3)c2=O)cc1. The second-order valence-electron chi connectivity index (χ2n) is 8.58. The summed E-state index contributed by atoms with van der Waals surface area (Å²) in [6, 6.07) is 13.3. The van der Waals surface area contributed by atoms with Crippen LogP contribution in [0.15, 0.2) is 90.5 Å². The van der Waals surface area contributed by atoms with Gasteiger partial charge in [0.05, 0.1) is 25.0 Å². The van der Waals surface area contributed by atoms with E-state index in [1.54, 1.807) is 24.3 Å².